The zero-order valence-corrected chi connectivity index (χ0v) is 11.8. The third-order valence-electron chi connectivity index (χ3n) is 3.45. The highest BCUT2D eigenvalue weighted by Crippen LogP contribution is 2.18. The van der Waals surface area contributed by atoms with Gasteiger partial charge in [0.2, 0.25) is 5.91 Å². The van der Waals surface area contributed by atoms with Gasteiger partial charge in [0.15, 0.2) is 0 Å². The number of carbonyl (C=O) groups is 1. The zero-order chi connectivity index (χ0) is 14.5. The van der Waals surface area contributed by atoms with Gasteiger partial charge in [0.1, 0.15) is 6.04 Å². The minimum atomic E-state index is -0.636. The maximum Gasteiger partial charge on any atom is 0.241 e. The van der Waals surface area contributed by atoms with Gasteiger partial charge in [-0.25, -0.2) is 0 Å². The second-order valence-corrected chi connectivity index (χ2v) is 4.98. The standard InChI is InChI=1S/C17H20N2O/c1-12-8-6-7-11-15(12)13(2)19-17(20)16(18)14-9-4-3-5-10-14/h3-11,13,16H,18H2,1-2H3,(H,19,20)/t13-,16-/m0/s1. The molecule has 0 unspecified atom stereocenters. The van der Waals surface area contributed by atoms with Crippen molar-refractivity contribution >= 4 is 5.91 Å². The van der Waals surface area contributed by atoms with Crippen LogP contribution in [0.5, 0.6) is 0 Å². The molecular weight excluding hydrogens is 248 g/mol. The van der Waals surface area contributed by atoms with Gasteiger partial charge in [-0.3, -0.25) is 4.79 Å². The van der Waals surface area contributed by atoms with Crippen LogP contribution in [-0.4, -0.2) is 5.91 Å². The lowest BCUT2D eigenvalue weighted by molar-refractivity contribution is -0.123. The van der Waals surface area contributed by atoms with Gasteiger partial charge in [-0.05, 0) is 30.5 Å². The molecule has 0 aromatic heterocycles. The molecule has 20 heavy (non-hydrogen) atoms. The molecule has 0 spiro atoms. The number of nitrogens with one attached hydrogen (secondary N) is 1. The molecule has 0 aliphatic rings. The SMILES string of the molecule is Cc1ccccc1[C@H](C)NC(=O)[C@@H](N)c1ccccc1. The highest BCUT2D eigenvalue weighted by Gasteiger charge is 2.18. The number of benzene rings is 2. The molecule has 2 aromatic carbocycles. The molecule has 3 nitrogen and oxygen atoms in total. The smallest absolute Gasteiger partial charge is 0.241 e. The number of aryl methyl sites for hydroxylation is 1. The molecule has 2 aromatic rings. The van der Waals surface area contributed by atoms with Crippen LogP contribution in [0, 0.1) is 6.92 Å². The normalized spacial score (nSPS) is 13.6. The Bertz CT molecular complexity index is 581. The Morgan fingerprint density at radius 1 is 1.05 bits per heavy atom. The quantitative estimate of drug-likeness (QED) is 0.896. The zero-order valence-electron chi connectivity index (χ0n) is 11.8. The summed E-state index contributed by atoms with van der Waals surface area (Å²) in [5.41, 5.74) is 9.09. The number of hydrogen-bond donors (Lipinski definition) is 2. The molecule has 2 rings (SSSR count). The van der Waals surface area contributed by atoms with Crippen LogP contribution in [0.4, 0.5) is 0 Å². The van der Waals surface area contributed by atoms with Crippen molar-refractivity contribution in [2.24, 2.45) is 5.73 Å². The number of hydrogen-bond acceptors (Lipinski definition) is 2. The van der Waals surface area contributed by atoms with Crippen LogP contribution in [0.3, 0.4) is 0 Å². The molecule has 1 amide bonds. The van der Waals surface area contributed by atoms with Crippen LogP contribution in [0.25, 0.3) is 0 Å². The number of nitrogens with two attached hydrogens (primary N) is 1. The Kier molecular flexibility index (Phi) is 4.53. The molecule has 2 atom stereocenters. The lowest BCUT2D eigenvalue weighted by atomic mass is 10.0. The van der Waals surface area contributed by atoms with E-state index in [0.29, 0.717) is 0 Å². The number of rotatable bonds is 4. The number of amides is 1. The molecule has 0 radical (unpaired) electrons. The van der Waals surface area contributed by atoms with Crippen molar-refractivity contribution in [1.29, 1.82) is 0 Å². The first-order chi connectivity index (χ1) is 9.59. The summed E-state index contributed by atoms with van der Waals surface area (Å²) >= 11 is 0. The van der Waals surface area contributed by atoms with Crippen molar-refractivity contribution < 1.29 is 4.79 Å². The topological polar surface area (TPSA) is 55.1 Å². The van der Waals surface area contributed by atoms with Crippen molar-refractivity contribution in [3.63, 3.8) is 0 Å². The Morgan fingerprint density at radius 3 is 2.30 bits per heavy atom. The fourth-order valence-corrected chi connectivity index (χ4v) is 2.27. The minimum Gasteiger partial charge on any atom is -0.348 e. The van der Waals surface area contributed by atoms with Crippen LogP contribution in [0.2, 0.25) is 0 Å². The summed E-state index contributed by atoms with van der Waals surface area (Å²) in [5.74, 6) is -0.160. The minimum absolute atomic E-state index is 0.0570. The fraction of sp³-hybridized carbons (Fsp3) is 0.235. The summed E-state index contributed by atoms with van der Waals surface area (Å²) in [6, 6.07) is 16.7. The molecule has 3 heteroatoms. The lowest BCUT2D eigenvalue weighted by Crippen LogP contribution is -2.35. The van der Waals surface area contributed by atoms with E-state index in [2.05, 4.69) is 5.32 Å². The van der Waals surface area contributed by atoms with Gasteiger partial charge < -0.3 is 11.1 Å². The van der Waals surface area contributed by atoms with Crippen LogP contribution < -0.4 is 11.1 Å². The first kappa shape index (κ1) is 14.3. The Balaban J connectivity index is 2.07. The van der Waals surface area contributed by atoms with Crippen LogP contribution in [0.15, 0.2) is 54.6 Å². The van der Waals surface area contributed by atoms with E-state index in [4.69, 9.17) is 5.73 Å². The van der Waals surface area contributed by atoms with Gasteiger partial charge in [0.05, 0.1) is 6.04 Å². The highest BCUT2D eigenvalue weighted by molar-refractivity contribution is 5.83. The Labute approximate surface area is 119 Å². The molecule has 3 N–H and O–H groups in total. The van der Waals surface area contributed by atoms with E-state index in [1.807, 2.05) is 68.4 Å². The van der Waals surface area contributed by atoms with E-state index < -0.39 is 6.04 Å². The van der Waals surface area contributed by atoms with E-state index in [9.17, 15) is 4.79 Å². The molecule has 0 heterocycles. The van der Waals surface area contributed by atoms with Gasteiger partial charge in [-0.15, -0.1) is 0 Å². The average Bonchev–Trinajstić information content (AvgIpc) is 2.47. The first-order valence-corrected chi connectivity index (χ1v) is 6.76. The summed E-state index contributed by atoms with van der Waals surface area (Å²) in [6.45, 7) is 4.01. The molecule has 104 valence electrons. The van der Waals surface area contributed by atoms with Crippen molar-refractivity contribution in [2.75, 3.05) is 0 Å². The maximum atomic E-state index is 12.2. The summed E-state index contributed by atoms with van der Waals surface area (Å²) in [7, 11) is 0. The molecule has 0 bridgehead atoms. The second-order valence-electron chi connectivity index (χ2n) is 4.98. The van der Waals surface area contributed by atoms with E-state index in [1.165, 1.54) is 0 Å². The van der Waals surface area contributed by atoms with Crippen molar-refractivity contribution in [3.8, 4) is 0 Å². The van der Waals surface area contributed by atoms with Gasteiger partial charge in [0.25, 0.3) is 0 Å². The maximum absolute atomic E-state index is 12.2. The number of carbonyl (C=O) groups excluding carboxylic acids is 1. The van der Waals surface area contributed by atoms with Crippen LogP contribution in [0.1, 0.15) is 35.7 Å². The summed E-state index contributed by atoms with van der Waals surface area (Å²) in [6.07, 6.45) is 0. The van der Waals surface area contributed by atoms with Crippen molar-refractivity contribution in [2.45, 2.75) is 25.9 Å². The van der Waals surface area contributed by atoms with Gasteiger partial charge in [-0.2, -0.15) is 0 Å². The predicted octanol–water partition coefficient (Wildman–Crippen LogP) is 2.87. The van der Waals surface area contributed by atoms with Crippen molar-refractivity contribution in [1.82, 2.24) is 5.32 Å². The largest absolute Gasteiger partial charge is 0.348 e. The molecule has 0 saturated heterocycles. The van der Waals surface area contributed by atoms with E-state index in [-0.39, 0.29) is 11.9 Å². The fourth-order valence-electron chi connectivity index (χ4n) is 2.27. The van der Waals surface area contributed by atoms with Crippen molar-refractivity contribution in [3.05, 3.63) is 71.3 Å². The Hall–Kier alpha value is -2.13. The molecule has 0 aliphatic heterocycles. The third kappa shape index (κ3) is 3.25. The van der Waals surface area contributed by atoms with Gasteiger partial charge >= 0.3 is 0 Å². The highest BCUT2D eigenvalue weighted by atomic mass is 16.2. The van der Waals surface area contributed by atoms with E-state index in [0.717, 1.165) is 16.7 Å². The second kappa shape index (κ2) is 6.35. The summed E-state index contributed by atoms with van der Waals surface area (Å²) in [5, 5.41) is 2.97. The van der Waals surface area contributed by atoms with E-state index >= 15 is 0 Å². The first-order valence-electron chi connectivity index (χ1n) is 6.76. The molecule has 0 saturated carbocycles. The predicted molar refractivity (Wildman–Crippen MR) is 81.1 cm³/mol. The van der Waals surface area contributed by atoms with Crippen LogP contribution in [-0.2, 0) is 4.79 Å². The van der Waals surface area contributed by atoms with E-state index in [1.54, 1.807) is 0 Å². The molecular formula is C17H20N2O. The van der Waals surface area contributed by atoms with Gasteiger partial charge in [0, 0.05) is 0 Å². The molecule has 0 fully saturated rings. The summed E-state index contributed by atoms with van der Waals surface area (Å²) in [4.78, 5) is 12.2. The molecule has 0 aliphatic carbocycles. The Morgan fingerprint density at radius 2 is 1.65 bits per heavy atom. The van der Waals surface area contributed by atoms with Gasteiger partial charge in [-0.1, -0.05) is 54.6 Å². The lowest BCUT2D eigenvalue weighted by Gasteiger charge is -2.19. The third-order valence-corrected chi connectivity index (χ3v) is 3.45. The monoisotopic (exact) mass is 268 g/mol. The summed E-state index contributed by atoms with van der Waals surface area (Å²) < 4.78 is 0. The average molecular weight is 268 g/mol. The van der Waals surface area contributed by atoms with Crippen LogP contribution >= 0.6 is 0 Å².